The molecular weight excluding hydrogens is 234 g/mol. The van der Waals surface area contributed by atoms with Gasteiger partial charge in [0.1, 0.15) is 4.21 Å². The highest BCUT2D eigenvalue weighted by molar-refractivity contribution is 8.15. The fourth-order valence-corrected chi connectivity index (χ4v) is 3.44. The molecule has 0 aliphatic carbocycles. The average molecular weight is 240 g/mol. The number of carbonyl (C=O) groups excluding carboxylic acids is 1. The number of halogens is 1. The van der Waals surface area contributed by atoms with Gasteiger partial charge in [-0.15, -0.1) is 11.3 Å². The molecule has 0 aliphatic rings. The van der Waals surface area contributed by atoms with Crippen LogP contribution in [0.1, 0.15) is 15.9 Å². The summed E-state index contributed by atoms with van der Waals surface area (Å²) in [7, 11) is 1.35. The maximum Gasteiger partial charge on any atom is 0.271 e. The van der Waals surface area contributed by atoms with Crippen molar-refractivity contribution in [3.63, 3.8) is 0 Å². The topological polar surface area (TPSA) is 77.2 Å². The number of rotatable bonds is 2. The summed E-state index contributed by atoms with van der Waals surface area (Å²) in [6.07, 6.45) is 0. The van der Waals surface area contributed by atoms with Crippen molar-refractivity contribution in [1.82, 2.24) is 0 Å². The van der Waals surface area contributed by atoms with Crippen LogP contribution in [0.15, 0.2) is 9.59 Å². The van der Waals surface area contributed by atoms with Gasteiger partial charge in [0.25, 0.3) is 9.05 Å². The Morgan fingerprint density at radius 2 is 2.15 bits per heavy atom. The van der Waals surface area contributed by atoms with E-state index in [9.17, 15) is 13.2 Å². The SMILES string of the molecule is Cc1c(C(N)=O)csc1S(=O)(=O)Cl. The van der Waals surface area contributed by atoms with Crippen LogP contribution >= 0.6 is 22.0 Å². The van der Waals surface area contributed by atoms with Crippen molar-refractivity contribution in [2.24, 2.45) is 5.73 Å². The number of thiophene rings is 1. The lowest BCUT2D eigenvalue weighted by molar-refractivity contribution is 0.1000. The van der Waals surface area contributed by atoms with Gasteiger partial charge >= 0.3 is 0 Å². The maximum atomic E-state index is 10.9. The predicted octanol–water partition coefficient (Wildman–Crippen LogP) is 1.08. The third-order valence-electron chi connectivity index (χ3n) is 1.48. The molecule has 4 nitrogen and oxygen atoms in total. The van der Waals surface area contributed by atoms with Crippen LogP contribution < -0.4 is 5.73 Å². The van der Waals surface area contributed by atoms with Crippen LogP contribution in [-0.2, 0) is 9.05 Å². The molecule has 72 valence electrons. The Labute approximate surface area is 83.7 Å². The number of hydrogen-bond donors (Lipinski definition) is 1. The Bertz CT molecular complexity index is 448. The summed E-state index contributed by atoms with van der Waals surface area (Å²) in [5.41, 5.74) is 5.51. The fourth-order valence-electron chi connectivity index (χ4n) is 0.882. The Morgan fingerprint density at radius 3 is 2.38 bits per heavy atom. The largest absolute Gasteiger partial charge is 0.366 e. The van der Waals surface area contributed by atoms with E-state index in [4.69, 9.17) is 16.4 Å². The van der Waals surface area contributed by atoms with Crippen molar-refractivity contribution >= 4 is 37.0 Å². The molecular formula is C6H6ClNO3S2. The standard InChI is InChI=1S/C6H6ClNO3S2/c1-3-4(5(8)9)2-12-6(3)13(7,10)11/h2H,1H3,(H2,8,9). The molecule has 0 unspecified atom stereocenters. The van der Waals surface area contributed by atoms with Gasteiger partial charge in [0.05, 0.1) is 5.56 Å². The Hall–Kier alpha value is -0.590. The fraction of sp³-hybridized carbons (Fsp3) is 0.167. The highest BCUT2D eigenvalue weighted by Crippen LogP contribution is 2.28. The predicted molar refractivity (Wildman–Crippen MR) is 50.6 cm³/mol. The van der Waals surface area contributed by atoms with Crippen molar-refractivity contribution in [1.29, 1.82) is 0 Å². The van der Waals surface area contributed by atoms with Crippen molar-refractivity contribution < 1.29 is 13.2 Å². The monoisotopic (exact) mass is 239 g/mol. The van der Waals surface area contributed by atoms with E-state index in [-0.39, 0.29) is 9.77 Å². The zero-order valence-corrected chi connectivity index (χ0v) is 8.96. The van der Waals surface area contributed by atoms with E-state index >= 15 is 0 Å². The van der Waals surface area contributed by atoms with Crippen LogP contribution in [0.25, 0.3) is 0 Å². The van der Waals surface area contributed by atoms with Gasteiger partial charge in [0, 0.05) is 16.1 Å². The summed E-state index contributed by atoms with van der Waals surface area (Å²) >= 11 is 0.891. The second-order valence-corrected chi connectivity index (χ2v) is 6.00. The molecule has 1 aromatic heterocycles. The summed E-state index contributed by atoms with van der Waals surface area (Å²) in [6.45, 7) is 1.49. The summed E-state index contributed by atoms with van der Waals surface area (Å²) in [6, 6.07) is 0. The van der Waals surface area contributed by atoms with Gasteiger partial charge in [0.2, 0.25) is 5.91 Å². The van der Waals surface area contributed by atoms with E-state index in [0.29, 0.717) is 5.56 Å². The van der Waals surface area contributed by atoms with Crippen LogP contribution in [0.4, 0.5) is 0 Å². The van der Waals surface area contributed by atoms with E-state index in [1.807, 2.05) is 0 Å². The number of carbonyl (C=O) groups is 1. The van der Waals surface area contributed by atoms with Crippen LogP contribution in [0, 0.1) is 6.92 Å². The summed E-state index contributed by atoms with van der Waals surface area (Å²) in [5.74, 6) is -0.652. The molecule has 0 spiro atoms. The third kappa shape index (κ3) is 2.01. The maximum absolute atomic E-state index is 10.9. The van der Waals surface area contributed by atoms with Gasteiger partial charge in [-0.2, -0.15) is 0 Å². The number of hydrogen-bond acceptors (Lipinski definition) is 4. The molecule has 1 heterocycles. The molecule has 0 aromatic carbocycles. The second kappa shape index (κ2) is 3.28. The highest BCUT2D eigenvalue weighted by Gasteiger charge is 2.20. The molecule has 0 aliphatic heterocycles. The summed E-state index contributed by atoms with van der Waals surface area (Å²) in [4.78, 5) is 10.8. The van der Waals surface area contributed by atoms with E-state index in [2.05, 4.69) is 0 Å². The number of amides is 1. The van der Waals surface area contributed by atoms with Gasteiger partial charge in [-0.25, -0.2) is 8.42 Å². The zero-order valence-electron chi connectivity index (χ0n) is 6.57. The minimum atomic E-state index is -3.76. The minimum absolute atomic E-state index is 0.0250. The van der Waals surface area contributed by atoms with E-state index in [1.54, 1.807) is 0 Å². The lowest BCUT2D eigenvalue weighted by Gasteiger charge is -1.94. The molecule has 1 aromatic rings. The molecule has 0 radical (unpaired) electrons. The van der Waals surface area contributed by atoms with Crippen molar-refractivity contribution in [2.45, 2.75) is 11.1 Å². The van der Waals surface area contributed by atoms with Crippen LogP contribution in [-0.4, -0.2) is 14.3 Å². The summed E-state index contributed by atoms with van der Waals surface area (Å²) < 4.78 is 21.8. The smallest absolute Gasteiger partial charge is 0.271 e. The molecule has 1 amide bonds. The van der Waals surface area contributed by atoms with Crippen LogP contribution in [0.2, 0.25) is 0 Å². The van der Waals surface area contributed by atoms with Gasteiger partial charge in [0.15, 0.2) is 0 Å². The molecule has 0 saturated carbocycles. The second-order valence-electron chi connectivity index (χ2n) is 2.36. The van der Waals surface area contributed by atoms with Crippen molar-refractivity contribution in [2.75, 3.05) is 0 Å². The molecule has 7 heteroatoms. The highest BCUT2D eigenvalue weighted by atomic mass is 35.7. The number of primary amides is 1. The average Bonchev–Trinajstić information content (AvgIpc) is 2.28. The molecule has 0 atom stereocenters. The van der Waals surface area contributed by atoms with E-state index in [0.717, 1.165) is 11.3 Å². The first-order valence-electron chi connectivity index (χ1n) is 3.16. The molecule has 0 saturated heterocycles. The Morgan fingerprint density at radius 1 is 1.62 bits per heavy atom. The quantitative estimate of drug-likeness (QED) is 0.785. The van der Waals surface area contributed by atoms with E-state index in [1.165, 1.54) is 12.3 Å². The Kier molecular flexibility index (Phi) is 2.65. The van der Waals surface area contributed by atoms with Gasteiger partial charge in [-0.05, 0) is 12.5 Å². The lowest BCUT2D eigenvalue weighted by Crippen LogP contribution is -2.11. The first-order valence-corrected chi connectivity index (χ1v) is 6.35. The van der Waals surface area contributed by atoms with Crippen LogP contribution in [0.3, 0.4) is 0 Å². The molecule has 1 rings (SSSR count). The van der Waals surface area contributed by atoms with Gasteiger partial charge < -0.3 is 5.73 Å². The zero-order chi connectivity index (χ0) is 10.2. The normalized spacial score (nSPS) is 11.5. The van der Waals surface area contributed by atoms with Crippen molar-refractivity contribution in [3.8, 4) is 0 Å². The molecule has 0 fully saturated rings. The minimum Gasteiger partial charge on any atom is -0.366 e. The summed E-state index contributed by atoms with van der Waals surface area (Å²) in [5, 5.41) is 1.38. The Balaban J connectivity index is 3.39. The van der Waals surface area contributed by atoms with Crippen molar-refractivity contribution in [3.05, 3.63) is 16.5 Å². The third-order valence-corrected chi connectivity index (χ3v) is 4.79. The van der Waals surface area contributed by atoms with Gasteiger partial charge in [-0.1, -0.05) is 0 Å². The molecule has 13 heavy (non-hydrogen) atoms. The molecule has 2 N–H and O–H groups in total. The first-order chi connectivity index (χ1) is 5.84. The van der Waals surface area contributed by atoms with Crippen LogP contribution in [0.5, 0.6) is 0 Å². The van der Waals surface area contributed by atoms with Gasteiger partial charge in [-0.3, -0.25) is 4.79 Å². The first kappa shape index (κ1) is 10.5. The molecule has 0 bridgehead atoms. The number of nitrogens with two attached hydrogens (primary N) is 1. The van der Waals surface area contributed by atoms with E-state index < -0.39 is 15.0 Å². The lowest BCUT2D eigenvalue weighted by atomic mass is 10.2.